The van der Waals surface area contributed by atoms with E-state index in [2.05, 4.69) is 32.4 Å². The SMILES string of the molecule is O=C(Cc1csc(-c2ncccn2)n1)NC1(c2ccccc2)CCC1. The lowest BCUT2D eigenvalue weighted by Gasteiger charge is -2.43. The maximum absolute atomic E-state index is 12.6. The highest BCUT2D eigenvalue weighted by atomic mass is 32.1. The highest BCUT2D eigenvalue weighted by Gasteiger charge is 2.39. The van der Waals surface area contributed by atoms with Crippen LogP contribution in [0, 0.1) is 0 Å². The molecule has 1 amide bonds. The molecule has 1 fully saturated rings. The Labute approximate surface area is 150 Å². The number of rotatable bonds is 5. The van der Waals surface area contributed by atoms with E-state index in [9.17, 15) is 4.79 Å². The minimum atomic E-state index is -0.209. The van der Waals surface area contributed by atoms with Gasteiger partial charge in [-0.15, -0.1) is 11.3 Å². The summed E-state index contributed by atoms with van der Waals surface area (Å²) in [7, 11) is 0. The van der Waals surface area contributed by atoms with E-state index < -0.39 is 0 Å². The molecule has 0 unspecified atom stereocenters. The molecule has 126 valence electrons. The third-order valence-corrected chi connectivity index (χ3v) is 5.45. The smallest absolute Gasteiger partial charge is 0.226 e. The summed E-state index contributed by atoms with van der Waals surface area (Å²) >= 11 is 1.46. The molecule has 0 spiro atoms. The molecule has 2 heterocycles. The van der Waals surface area contributed by atoms with Crippen molar-refractivity contribution in [2.75, 3.05) is 0 Å². The molecule has 5 nitrogen and oxygen atoms in total. The number of aromatic nitrogens is 3. The number of thiazole rings is 1. The first-order valence-electron chi connectivity index (χ1n) is 8.34. The van der Waals surface area contributed by atoms with Gasteiger partial charge < -0.3 is 5.32 Å². The van der Waals surface area contributed by atoms with Gasteiger partial charge in [0.1, 0.15) is 0 Å². The number of benzene rings is 1. The summed E-state index contributed by atoms with van der Waals surface area (Å²) in [5, 5.41) is 5.88. The third-order valence-electron chi connectivity index (χ3n) is 4.56. The van der Waals surface area contributed by atoms with Gasteiger partial charge in [0.2, 0.25) is 5.91 Å². The molecular weight excluding hydrogens is 332 g/mol. The first-order valence-corrected chi connectivity index (χ1v) is 9.21. The van der Waals surface area contributed by atoms with E-state index in [4.69, 9.17) is 0 Å². The van der Waals surface area contributed by atoms with Crippen molar-refractivity contribution in [2.45, 2.75) is 31.2 Å². The molecule has 6 heteroatoms. The van der Waals surface area contributed by atoms with Crippen LogP contribution in [0.2, 0.25) is 0 Å². The molecule has 1 aliphatic rings. The zero-order valence-corrected chi connectivity index (χ0v) is 14.5. The Hall–Kier alpha value is -2.60. The summed E-state index contributed by atoms with van der Waals surface area (Å²) < 4.78 is 0. The summed E-state index contributed by atoms with van der Waals surface area (Å²) in [6.07, 6.45) is 6.78. The molecule has 0 atom stereocenters. The van der Waals surface area contributed by atoms with Gasteiger partial charge in [0.05, 0.1) is 17.7 Å². The van der Waals surface area contributed by atoms with Gasteiger partial charge in [-0.25, -0.2) is 15.0 Å². The van der Waals surface area contributed by atoms with E-state index in [0.717, 1.165) is 30.0 Å². The van der Waals surface area contributed by atoms with Crippen molar-refractivity contribution in [2.24, 2.45) is 0 Å². The fourth-order valence-electron chi connectivity index (χ4n) is 3.15. The van der Waals surface area contributed by atoms with E-state index in [-0.39, 0.29) is 17.9 Å². The number of carbonyl (C=O) groups excluding carboxylic acids is 1. The maximum atomic E-state index is 12.6. The van der Waals surface area contributed by atoms with E-state index in [1.807, 2.05) is 23.6 Å². The molecule has 25 heavy (non-hydrogen) atoms. The second-order valence-electron chi connectivity index (χ2n) is 6.24. The molecule has 1 aliphatic carbocycles. The third kappa shape index (κ3) is 3.30. The first kappa shape index (κ1) is 15.9. The molecule has 0 bridgehead atoms. The predicted molar refractivity (Wildman–Crippen MR) is 97.0 cm³/mol. The largest absolute Gasteiger partial charge is 0.346 e. The van der Waals surface area contributed by atoms with Gasteiger partial charge in [-0.1, -0.05) is 30.3 Å². The lowest BCUT2D eigenvalue weighted by atomic mass is 9.71. The summed E-state index contributed by atoms with van der Waals surface area (Å²) in [4.78, 5) is 25.5. The Bertz CT molecular complexity index is 859. The lowest BCUT2D eigenvalue weighted by molar-refractivity contribution is -0.123. The predicted octanol–water partition coefficient (Wildman–Crippen LogP) is 3.34. The van der Waals surface area contributed by atoms with Gasteiger partial charge in [-0.05, 0) is 30.9 Å². The van der Waals surface area contributed by atoms with Gasteiger partial charge in [-0.3, -0.25) is 4.79 Å². The number of amides is 1. The zero-order valence-electron chi connectivity index (χ0n) is 13.7. The average Bonchev–Trinajstić information content (AvgIpc) is 3.08. The van der Waals surface area contributed by atoms with E-state index in [1.165, 1.54) is 16.9 Å². The van der Waals surface area contributed by atoms with Crippen molar-refractivity contribution in [3.05, 3.63) is 65.4 Å². The van der Waals surface area contributed by atoms with Crippen LogP contribution in [-0.2, 0) is 16.8 Å². The Kier molecular flexibility index (Phi) is 4.28. The van der Waals surface area contributed by atoms with Crippen molar-refractivity contribution in [1.29, 1.82) is 0 Å². The van der Waals surface area contributed by atoms with Crippen LogP contribution in [-0.4, -0.2) is 20.9 Å². The molecule has 0 radical (unpaired) electrons. The van der Waals surface area contributed by atoms with Gasteiger partial charge in [-0.2, -0.15) is 0 Å². The molecule has 0 aliphatic heterocycles. The van der Waals surface area contributed by atoms with Crippen LogP contribution < -0.4 is 5.32 Å². The monoisotopic (exact) mass is 350 g/mol. The van der Waals surface area contributed by atoms with Gasteiger partial charge in [0.25, 0.3) is 0 Å². The topological polar surface area (TPSA) is 67.8 Å². The van der Waals surface area contributed by atoms with Gasteiger partial charge >= 0.3 is 0 Å². The number of carbonyl (C=O) groups is 1. The molecule has 1 saturated carbocycles. The minimum Gasteiger partial charge on any atom is -0.346 e. The quantitative estimate of drug-likeness (QED) is 0.766. The molecule has 1 aromatic carbocycles. The molecular formula is C19H18N4OS. The lowest BCUT2D eigenvalue weighted by Crippen LogP contribution is -2.51. The Balaban J connectivity index is 1.45. The van der Waals surface area contributed by atoms with Crippen LogP contribution in [0.25, 0.3) is 10.8 Å². The number of nitrogens with one attached hydrogen (secondary N) is 1. The average molecular weight is 350 g/mol. The van der Waals surface area contributed by atoms with Crippen molar-refractivity contribution in [3.63, 3.8) is 0 Å². The molecule has 2 aromatic heterocycles. The Morgan fingerprint density at radius 2 is 1.88 bits per heavy atom. The summed E-state index contributed by atoms with van der Waals surface area (Å²) in [5.74, 6) is 0.605. The summed E-state index contributed by atoms with van der Waals surface area (Å²) in [6.45, 7) is 0. The second kappa shape index (κ2) is 6.72. The molecule has 1 N–H and O–H groups in total. The number of hydrogen-bond acceptors (Lipinski definition) is 5. The van der Waals surface area contributed by atoms with Crippen LogP contribution in [0.1, 0.15) is 30.5 Å². The standard InChI is InChI=1S/C19H18N4OS/c24-16(23-19(8-4-9-19)14-6-2-1-3-7-14)12-15-13-25-18(22-15)17-20-10-5-11-21-17/h1-3,5-7,10-11,13H,4,8-9,12H2,(H,23,24). The summed E-state index contributed by atoms with van der Waals surface area (Å²) in [5.41, 5.74) is 1.73. The first-order chi connectivity index (χ1) is 12.3. The van der Waals surface area contributed by atoms with E-state index in [0.29, 0.717) is 5.82 Å². The number of hydrogen-bond donors (Lipinski definition) is 1. The van der Waals surface area contributed by atoms with E-state index >= 15 is 0 Å². The van der Waals surface area contributed by atoms with E-state index in [1.54, 1.807) is 18.5 Å². The van der Waals surface area contributed by atoms with Crippen LogP contribution >= 0.6 is 11.3 Å². The molecule has 3 aromatic rings. The fraction of sp³-hybridized carbons (Fsp3) is 0.263. The fourth-order valence-corrected chi connectivity index (χ4v) is 3.91. The summed E-state index contributed by atoms with van der Waals surface area (Å²) in [6, 6.07) is 12.0. The molecule has 4 rings (SSSR count). The molecule has 0 saturated heterocycles. The van der Waals surface area contributed by atoms with Crippen LogP contribution in [0.15, 0.2) is 54.2 Å². The van der Waals surface area contributed by atoms with Crippen LogP contribution in [0.3, 0.4) is 0 Å². The van der Waals surface area contributed by atoms with Crippen molar-refractivity contribution in [1.82, 2.24) is 20.3 Å². The van der Waals surface area contributed by atoms with Crippen LogP contribution in [0.5, 0.6) is 0 Å². The zero-order chi connectivity index (χ0) is 17.1. The van der Waals surface area contributed by atoms with Crippen molar-refractivity contribution in [3.8, 4) is 10.8 Å². The van der Waals surface area contributed by atoms with Gasteiger partial charge in [0, 0.05) is 17.8 Å². The second-order valence-corrected chi connectivity index (χ2v) is 7.10. The number of nitrogens with zero attached hydrogens (tertiary/aromatic N) is 3. The highest BCUT2D eigenvalue weighted by molar-refractivity contribution is 7.13. The Morgan fingerprint density at radius 1 is 1.12 bits per heavy atom. The van der Waals surface area contributed by atoms with Gasteiger partial charge in [0.15, 0.2) is 10.8 Å². The normalized spacial score (nSPS) is 15.4. The Morgan fingerprint density at radius 3 is 2.56 bits per heavy atom. The van der Waals surface area contributed by atoms with Crippen molar-refractivity contribution < 1.29 is 4.79 Å². The minimum absolute atomic E-state index is 0.00869. The van der Waals surface area contributed by atoms with Crippen molar-refractivity contribution >= 4 is 17.2 Å². The highest BCUT2D eigenvalue weighted by Crippen LogP contribution is 2.41. The van der Waals surface area contributed by atoms with Crippen LogP contribution in [0.4, 0.5) is 0 Å². The maximum Gasteiger partial charge on any atom is 0.226 e.